The summed E-state index contributed by atoms with van der Waals surface area (Å²) < 4.78 is 0. The Labute approximate surface area is 74.4 Å². The maximum atomic E-state index is 2.16. The Morgan fingerprint density at radius 1 is 1.50 bits per heavy atom. The second kappa shape index (κ2) is 4.12. The summed E-state index contributed by atoms with van der Waals surface area (Å²) in [7, 11) is 2.08. The van der Waals surface area contributed by atoms with Crippen molar-refractivity contribution in [1.29, 1.82) is 0 Å². The first-order chi connectivity index (χ1) is 5.79. The average molecular weight is 164 g/mol. The third-order valence-electron chi connectivity index (χ3n) is 1.99. The minimum absolute atomic E-state index is 1.01. The van der Waals surface area contributed by atoms with Crippen LogP contribution in [-0.4, -0.2) is 23.6 Å². The summed E-state index contributed by atoms with van der Waals surface area (Å²) >= 11 is 0. The van der Waals surface area contributed by atoms with E-state index >= 15 is 0 Å². The zero-order valence-corrected chi connectivity index (χ0v) is 7.99. The molecule has 2 heteroatoms. The molecule has 0 unspecified atom stereocenters. The van der Waals surface area contributed by atoms with Gasteiger partial charge in [-0.3, -0.25) is 5.01 Å². The molecule has 0 N–H and O–H groups in total. The highest BCUT2D eigenvalue weighted by Gasteiger charge is 2.08. The van der Waals surface area contributed by atoms with E-state index in [1.807, 2.05) is 6.08 Å². The first-order valence-electron chi connectivity index (χ1n) is 4.31. The van der Waals surface area contributed by atoms with Crippen LogP contribution in [-0.2, 0) is 0 Å². The monoisotopic (exact) mass is 164 g/mol. The predicted octanol–water partition coefficient (Wildman–Crippen LogP) is 2.14. The largest absolute Gasteiger partial charge is 0.282 e. The standard InChI is InChI=1S/C10H16N2/c1-4-10-8-6-7-9-12(10)11(3)5-2/h4,6-9H,5H2,1-3H3/b10-4-. The van der Waals surface area contributed by atoms with Gasteiger partial charge < -0.3 is 0 Å². The topological polar surface area (TPSA) is 6.48 Å². The van der Waals surface area contributed by atoms with Gasteiger partial charge in [0.1, 0.15) is 0 Å². The van der Waals surface area contributed by atoms with Gasteiger partial charge in [0.05, 0.1) is 5.70 Å². The molecule has 0 fully saturated rings. The number of nitrogens with zero attached hydrogens (tertiary/aromatic N) is 2. The normalized spacial score (nSPS) is 19.7. The van der Waals surface area contributed by atoms with Crippen molar-refractivity contribution >= 4 is 0 Å². The molecule has 1 rings (SSSR count). The Kier molecular flexibility index (Phi) is 3.11. The molecule has 0 aromatic carbocycles. The number of rotatable bonds is 2. The molecule has 0 bridgehead atoms. The smallest absolute Gasteiger partial charge is 0.0530 e. The van der Waals surface area contributed by atoms with Gasteiger partial charge in [0, 0.05) is 19.8 Å². The Morgan fingerprint density at radius 2 is 2.25 bits per heavy atom. The SMILES string of the molecule is C/C=C1/C=CC=CN1N(C)CC. The van der Waals surface area contributed by atoms with E-state index in [1.165, 1.54) is 5.70 Å². The van der Waals surface area contributed by atoms with E-state index in [-0.39, 0.29) is 0 Å². The van der Waals surface area contributed by atoms with E-state index in [9.17, 15) is 0 Å². The first kappa shape index (κ1) is 9.07. The van der Waals surface area contributed by atoms with E-state index in [1.54, 1.807) is 0 Å². The molecule has 2 nitrogen and oxygen atoms in total. The zero-order chi connectivity index (χ0) is 8.97. The third-order valence-corrected chi connectivity index (χ3v) is 1.99. The molecule has 0 amide bonds. The maximum Gasteiger partial charge on any atom is 0.0530 e. The van der Waals surface area contributed by atoms with Crippen molar-refractivity contribution in [1.82, 2.24) is 10.0 Å². The van der Waals surface area contributed by atoms with E-state index < -0.39 is 0 Å². The fourth-order valence-electron chi connectivity index (χ4n) is 1.14. The molecule has 0 aliphatic carbocycles. The minimum Gasteiger partial charge on any atom is -0.282 e. The Balaban J connectivity index is 2.76. The molecule has 0 atom stereocenters. The van der Waals surface area contributed by atoms with Gasteiger partial charge in [-0.15, -0.1) is 0 Å². The highest BCUT2D eigenvalue weighted by molar-refractivity contribution is 5.26. The molecule has 1 aliphatic heterocycles. The van der Waals surface area contributed by atoms with Crippen LogP contribution in [0.5, 0.6) is 0 Å². The minimum atomic E-state index is 1.01. The van der Waals surface area contributed by atoms with Gasteiger partial charge >= 0.3 is 0 Å². The van der Waals surface area contributed by atoms with Crippen molar-refractivity contribution < 1.29 is 0 Å². The molecule has 0 saturated carbocycles. The molecule has 1 aliphatic rings. The second-order valence-electron chi connectivity index (χ2n) is 2.73. The van der Waals surface area contributed by atoms with Gasteiger partial charge in [-0.1, -0.05) is 19.1 Å². The summed E-state index contributed by atoms with van der Waals surface area (Å²) in [5.41, 5.74) is 1.22. The molecule has 0 saturated heterocycles. The summed E-state index contributed by atoms with van der Waals surface area (Å²) in [6.45, 7) is 5.20. The van der Waals surface area contributed by atoms with Crippen molar-refractivity contribution in [3.05, 3.63) is 36.2 Å². The van der Waals surface area contributed by atoms with E-state index in [0.29, 0.717) is 0 Å². The van der Waals surface area contributed by atoms with Crippen molar-refractivity contribution in [3.63, 3.8) is 0 Å². The maximum absolute atomic E-state index is 2.16. The first-order valence-corrected chi connectivity index (χ1v) is 4.31. The van der Waals surface area contributed by atoms with Crippen LogP contribution in [0.15, 0.2) is 36.2 Å². The van der Waals surface area contributed by atoms with Crippen LogP contribution in [0.2, 0.25) is 0 Å². The lowest BCUT2D eigenvalue weighted by atomic mass is 10.3. The number of allylic oxidation sites excluding steroid dienone is 4. The van der Waals surface area contributed by atoms with Crippen LogP contribution in [0.25, 0.3) is 0 Å². The van der Waals surface area contributed by atoms with Crippen LogP contribution in [0.1, 0.15) is 13.8 Å². The summed E-state index contributed by atoms with van der Waals surface area (Å²) in [4.78, 5) is 0. The molecule has 1 heterocycles. The number of hydrazine groups is 1. The van der Waals surface area contributed by atoms with Gasteiger partial charge in [0.15, 0.2) is 0 Å². The molecular weight excluding hydrogens is 148 g/mol. The Hall–Kier alpha value is -1.02. The molecule has 0 aromatic heterocycles. The highest BCUT2D eigenvalue weighted by atomic mass is 15.6. The Morgan fingerprint density at radius 3 is 2.83 bits per heavy atom. The summed E-state index contributed by atoms with van der Waals surface area (Å²) in [6, 6.07) is 0. The van der Waals surface area contributed by atoms with Gasteiger partial charge in [0.2, 0.25) is 0 Å². The van der Waals surface area contributed by atoms with Gasteiger partial charge in [0.25, 0.3) is 0 Å². The Bertz CT molecular complexity index is 226. The lowest BCUT2D eigenvalue weighted by Gasteiger charge is -2.31. The van der Waals surface area contributed by atoms with Gasteiger partial charge in [-0.2, -0.15) is 0 Å². The number of hydrogen-bond acceptors (Lipinski definition) is 2. The summed E-state index contributed by atoms with van der Waals surface area (Å²) in [6.07, 6.45) is 10.4. The third kappa shape index (κ3) is 1.77. The van der Waals surface area contributed by atoms with Crippen molar-refractivity contribution in [2.75, 3.05) is 13.6 Å². The number of hydrogen-bond donors (Lipinski definition) is 0. The van der Waals surface area contributed by atoms with Gasteiger partial charge in [-0.05, 0) is 19.1 Å². The van der Waals surface area contributed by atoms with Crippen LogP contribution >= 0.6 is 0 Å². The lowest BCUT2D eigenvalue weighted by Crippen LogP contribution is -2.34. The van der Waals surface area contributed by atoms with Crippen LogP contribution < -0.4 is 0 Å². The van der Waals surface area contributed by atoms with Gasteiger partial charge in [-0.25, -0.2) is 5.01 Å². The van der Waals surface area contributed by atoms with Crippen LogP contribution in [0.3, 0.4) is 0 Å². The summed E-state index contributed by atoms with van der Waals surface area (Å²) in [5.74, 6) is 0. The molecule has 0 aromatic rings. The lowest BCUT2D eigenvalue weighted by molar-refractivity contribution is 0.0994. The average Bonchev–Trinajstić information content (AvgIpc) is 2.16. The fourth-order valence-corrected chi connectivity index (χ4v) is 1.14. The summed E-state index contributed by atoms with van der Waals surface area (Å²) in [5, 5.41) is 4.30. The highest BCUT2D eigenvalue weighted by Crippen LogP contribution is 2.13. The predicted molar refractivity (Wildman–Crippen MR) is 52.2 cm³/mol. The molecule has 0 spiro atoms. The molecule has 0 radical (unpaired) electrons. The van der Waals surface area contributed by atoms with Crippen molar-refractivity contribution in [3.8, 4) is 0 Å². The fraction of sp³-hybridized carbons (Fsp3) is 0.400. The molecule has 66 valence electrons. The molecule has 12 heavy (non-hydrogen) atoms. The van der Waals surface area contributed by atoms with E-state index in [2.05, 4.69) is 55.3 Å². The van der Waals surface area contributed by atoms with Crippen molar-refractivity contribution in [2.45, 2.75) is 13.8 Å². The van der Waals surface area contributed by atoms with E-state index in [0.717, 1.165) is 6.54 Å². The van der Waals surface area contributed by atoms with Crippen LogP contribution in [0.4, 0.5) is 0 Å². The second-order valence-corrected chi connectivity index (χ2v) is 2.73. The molecular formula is C10H16N2. The zero-order valence-electron chi connectivity index (χ0n) is 7.99. The quantitative estimate of drug-likeness (QED) is 0.617. The van der Waals surface area contributed by atoms with Crippen LogP contribution in [0, 0.1) is 0 Å². The van der Waals surface area contributed by atoms with E-state index in [4.69, 9.17) is 0 Å². The van der Waals surface area contributed by atoms with Crippen molar-refractivity contribution in [2.24, 2.45) is 0 Å².